The summed E-state index contributed by atoms with van der Waals surface area (Å²) in [5.41, 5.74) is 6.96. The van der Waals surface area contributed by atoms with E-state index in [0.717, 1.165) is 36.0 Å². The maximum atomic E-state index is 6.20. The molecule has 0 saturated carbocycles. The number of anilines is 1. The molecule has 2 heterocycles. The monoisotopic (exact) mass is 469 g/mol. The first-order valence-corrected chi connectivity index (χ1v) is 12.1. The second kappa shape index (κ2) is 11.7. The van der Waals surface area contributed by atoms with E-state index in [9.17, 15) is 0 Å². The van der Waals surface area contributed by atoms with Gasteiger partial charge in [-0.2, -0.15) is 0 Å². The van der Waals surface area contributed by atoms with E-state index in [1.54, 1.807) is 0 Å². The van der Waals surface area contributed by atoms with Gasteiger partial charge in [0, 0.05) is 0 Å². The number of nitrogens with zero attached hydrogens (tertiary/aromatic N) is 2. The molecule has 0 aromatic heterocycles. The van der Waals surface area contributed by atoms with Crippen molar-refractivity contribution in [2.24, 2.45) is 0 Å². The Morgan fingerprint density at radius 1 is 0.647 bits per heavy atom. The minimum atomic E-state index is 0.492. The van der Waals surface area contributed by atoms with Crippen molar-refractivity contribution < 1.29 is 28.3 Å². The average Bonchev–Trinajstić information content (AvgIpc) is 3.24. The van der Waals surface area contributed by atoms with Gasteiger partial charge in [0.2, 0.25) is 6.34 Å². The summed E-state index contributed by atoms with van der Waals surface area (Å²) in [6, 6.07) is 8.63. The fourth-order valence-electron chi connectivity index (χ4n) is 4.60. The van der Waals surface area contributed by atoms with Gasteiger partial charge in [0.1, 0.15) is 26.3 Å². The quantitative estimate of drug-likeness (QED) is 0.545. The van der Waals surface area contributed by atoms with Crippen LogP contribution in [0.3, 0.4) is 0 Å². The number of hydrogen-bond donors (Lipinski definition) is 0. The summed E-state index contributed by atoms with van der Waals surface area (Å²) in [4.78, 5) is 2.28. The van der Waals surface area contributed by atoms with Crippen LogP contribution in [-0.2, 0) is 14.2 Å². The molecule has 0 atom stereocenters. The van der Waals surface area contributed by atoms with Gasteiger partial charge >= 0.3 is 0 Å². The molecule has 184 valence electrons. The van der Waals surface area contributed by atoms with Gasteiger partial charge in [-0.3, -0.25) is 0 Å². The zero-order valence-corrected chi connectivity index (χ0v) is 20.9. The summed E-state index contributed by atoms with van der Waals surface area (Å²) in [6.45, 7) is 14.4. The number of hydrogen-bond acceptors (Lipinski definition) is 6. The maximum Gasteiger partial charge on any atom is 0.245 e. The van der Waals surface area contributed by atoms with Crippen molar-refractivity contribution in [3.05, 3.63) is 46.5 Å². The zero-order valence-electron chi connectivity index (χ0n) is 20.9. The third kappa shape index (κ3) is 6.09. The van der Waals surface area contributed by atoms with Crippen LogP contribution in [0.4, 0.5) is 11.4 Å². The molecular weight excluding hydrogens is 432 g/mol. The van der Waals surface area contributed by atoms with E-state index in [-0.39, 0.29) is 0 Å². The average molecular weight is 470 g/mol. The molecule has 0 amide bonds. The molecule has 4 rings (SSSR count). The van der Waals surface area contributed by atoms with E-state index in [1.807, 2.05) is 0 Å². The normalized spacial score (nSPS) is 18.2. The molecule has 2 aliphatic rings. The Kier molecular flexibility index (Phi) is 8.43. The molecular formula is C27H37N2O5+. The van der Waals surface area contributed by atoms with Gasteiger partial charge in [-0.25, -0.2) is 9.48 Å². The van der Waals surface area contributed by atoms with Crippen LogP contribution < -0.4 is 14.4 Å². The fraction of sp³-hybridized carbons (Fsp3) is 0.519. The number of fused-ring (bicyclic) bond motifs is 5. The van der Waals surface area contributed by atoms with Crippen LogP contribution in [-0.4, -0.2) is 76.9 Å². The van der Waals surface area contributed by atoms with Crippen LogP contribution in [0.5, 0.6) is 11.5 Å². The SMILES string of the molecule is Cc1cc(C)c2c(c1)OCCOCCOCCOCCOc1cc(C)cc(C)c1[N+]1=CN2CC1. The Balaban J connectivity index is 1.66. The van der Waals surface area contributed by atoms with Crippen molar-refractivity contribution in [3.8, 4) is 11.5 Å². The number of aryl methyl sites for hydroxylation is 4. The van der Waals surface area contributed by atoms with Crippen molar-refractivity contribution in [2.45, 2.75) is 27.7 Å². The van der Waals surface area contributed by atoms with Gasteiger partial charge in [-0.05, 0) is 62.1 Å². The van der Waals surface area contributed by atoms with E-state index in [2.05, 4.69) is 67.8 Å². The van der Waals surface area contributed by atoms with E-state index in [0.29, 0.717) is 52.9 Å². The predicted molar refractivity (Wildman–Crippen MR) is 133 cm³/mol. The first kappa shape index (κ1) is 24.5. The summed E-state index contributed by atoms with van der Waals surface area (Å²) in [5.74, 6) is 1.78. The number of rotatable bonds is 0. The van der Waals surface area contributed by atoms with Crippen LogP contribution in [0.25, 0.3) is 0 Å². The Labute approximate surface area is 202 Å². The Morgan fingerprint density at radius 2 is 1.18 bits per heavy atom. The Morgan fingerprint density at radius 3 is 1.82 bits per heavy atom. The van der Waals surface area contributed by atoms with E-state index >= 15 is 0 Å². The number of benzene rings is 2. The molecule has 7 nitrogen and oxygen atoms in total. The van der Waals surface area contributed by atoms with Crippen LogP contribution in [0, 0.1) is 27.7 Å². The van der Waals surface area contributed by atoms with Gasteiger partial charge in [0.05, 0.1) is 39.6 Å². The second-order valence-corrected chi connectivity index (χ2v) is 8.89. The summed E-state index contributed by atoms with van der Waals surface area (Å²) in [7, 11) is 0. The zero-order chi connectivity index (χ0) is 23.9. The lowest BCUT2D eigenvalue weighted by atomic mass is 10.1. The fourth-order valence-corrected chi connectivity index (χ4v) is 4.60. The molecule has 0 saturated heterocycles. The third-order valence-corrected chi connectivity index (χ3v) is 5.97. The summed E-state index contributed by atoms with van der Waals surface area (Å²) in [5, 5.41) is 0. The molecule has 0 fully saturated rings. The third-order valence-electron chi connectivity index (χ3n) is 5.97. The van der Waals surface area contributed by atoms with Gasteiger partial charge in [0.25, 0.3) is 0 Å². The lowest BCUT2D eigenvalue weighted by Gasteiger charge is -2.17. The van der Waals surface area contributed by atoms with Crippen molar-refractivity contribution in [3.63, 3.8) is 0 Å². The van der Waals surface area contributed by atoms with Crippen LogP contribution in [0.2, 0.25) is 0 Å². The van der Waals surface area contributed by atoms with Crippen LogP contribution >= 0.6 is 0 Å². The minimum absolute atomic E-state index is 0.492. The smallest absolute Gasteiger partial charge is 0.245 e. The van der Waals surface area contributed by atoms with Gasteiger partial charge < -0.3 is 23.7 Å². The Hall–Kier alpha value is -2.61. The first-order chi connectivity index (χ1) is 16.5. The van der Waals surface area contributed by atoms with Gasteiger partial charge in [-0.15, -0.1) is 0 Å². The van der Waals surface area contributed by atoms with Crippen molar-refractivity contribution in [2.75, 3.05) is 70.8 Å². The van der Waals surface area contributed by atoms with Crippen molar-refractivity contribution >= 4 is 17.7 Å². The molecule has 0 unspecified atom stereocenters. The van der Waals surface area contributed by atoms with Crippen LogP contribution in [0.1, 0.15) is 22.3 Å². The second-order valence-electron chi connectivity index (χ2n) is 8.89. The summed E-state index contributed by atoms with van der Waals surface area (Å²) >= 11 is 0. The molecule has 0 spiro atoms. The molecule has 0 aliphatic carbocycles. The largest absolute Gasteiger partial charge is 0.487 e. The van der Waals surface area contributed by atoms with Gasteiger partial charge in [-0.1, -0.05) is 12.1 Å². The predicted octanol–water partition coefficient (Wildman–Crippen LogP) is 3.93. The molecule has 2 aromatic carbocycles. The van der Waals surface area contributed by atoms with E-state index in [1.165, 1.54) is 22.3 Å². The number of ether oxygens (including phenoxy) is 5. The maximum absolute atomic E-state index is 6.20. The highest BCUT2D eigenvalue weighted by molar-refractivity contribution is 5.84. The molecule has 7 heteroatoms. The minimum Gasteiger partial charge on any atom is -0.487 e. The van der Waals surface area contributed by atoms with Gasteiger partial charge in [0.15, 0.2) is 22.9 Å². The molecule has 34 heavy (non-hydrogen) atoms. The lowest BCUT2D eigenvalue weighted by Crippen LogP contribution is -2.21. The lowest BCUT2D eigenvalue weighted by molar-refractivity contribution is -0.425. The highest BCUT2D eigenvalue weighted by atomic mass is 16.6. The summed E-state index contributed by atoms with van der Waals surface area (Å²) in [6.07, 6.45) is 2.18. The highest BCUT2D eigenvalue weighted by Crippen LogP contribution is 2.37. The molecule has 2 aliphatic heterocycles. The van der Waals surface area contributed by atoms with E-state index in [4.69, 9.17) is 23.7 Å². The topological polar surface area (TPSA) is 52.4 Å². The van der Waals surface area contributed by atoms with E-state index < -0.39 is 0 Å². The molecule has 2 bridgehead atoms. The molecule has 0 radical (unpaired) electrons. The first-order valence-electron chi connectivity index (χ1n) is 12.1. The molecule has 2 aromatic rings. The summed E-state index contributed by atoms with van der Waals surface area (Å²) < 4.78 is 31.6. The highest BCUT2D eigenvalue weighted by Gasteiger charge is 2.30. The standard InChI is InChI=1S/C27H37N2O5/c1-20-15-22(3)26-24(17-20)33-13-11-31-9-7-30-8-10-32-12-14-34-25-18-21(2)16-23(4)27(25)29-6-5-28(26)19-29/h15-19H,5-14H2,1-4H3/q+1. The van der Waals surface area contributed by atoms with Crippen molar-refractivity contribution in [1.29, 1.82) is 0 Å². The van der Waals surface area contributed by atoms with Crippen LogP contribution in [0.15, 0.2) is 24.3 Å². The molecule has 0 N–H and O–H groups in total. The van der Waals surface area contributed by atoms with Crippen molar-refractivity contribution in [1.82, 2.24) is 0 Å². The Bertz CT molecular complexity index is 1020.